The molecule has 4 nitrogen and oxygen atoms in total. The Kier molecular flexibility index (Phi) is 10.5. The molecule has 0 saturated heterocycles. The molecule has 0 fully saturated rings. The number of ketones is 2. The first kappa shape index (κ1) is 28.9. The Hall–Kier alpha value is -3.66. The van der Waals surface area contributed by atoms with Crippen molar-refractivity contribution < 1.29 is 19.1 Å². The van der Waals surface area contributed by atoms with Crippen LogP contribution < -0.4 is 9.47 Å². The quantitative estimate of drug-likeness (QED) is 0.228. The van der Waals surface area contributed by atoms with Gasteiger partial charge in [-0.25, -0.2) is 0 Å². The highest BCUT2D eigenvalue weighted by Crippen LogP contribution is 2.37. The normalized spacial score (nSPS) is 13.0. The van der Waals surface area contributed by atoms with Gasteiger partial charge in [-0.1, -0.05) is 58.7 Å². The zero-order chi connectivity index (χ0) is 27.7. The summed E-state index contributed by atoms with van der Waals surface area (Å²) in [7, 11) is 0. The number of carbonyl (C=O) groups is 2. The molecule has 1 aliphatic rings. The van der Waals surface area contributed by atoms with Crippen LogP contribution in [-0.2, 0) is 0 Å². The largest absolute Gasteiger partial charge is 0.489 e. The summed E-state index contributed by atoms with van der Waals surface area (Å²) >= 11 is 0. The number of hydrogen-bond acceptors (Lipinski definition) is 4. The summed E-state index contributed by atoms with van der Waals surface area (Å²) in [4.78, 5) is 27.1. The fourth-order valence-corrected chi connectivity index (χ4v) is 4.35. The molecule has 4 heteroatoms. The average molecular weight is 513 g/mol. The standard InChI is InChI=1S/C34H40O4/c1-23(2)11-7-13-25(5)19-21-37-29-17-9-15-27-31(29)34(36)32-28(33(27)35)16-10-18-30(32)38-22-20-26(6)14-8-12-24(3)4/h9-12,15-20H,7-8,13-14,21-22H2,1-6H3/b25-19+,26-20+. The van der Waals surface area contributed by atoms with Crippen LogP contribution in [0.4, 0.5) is 0 Å². The van der Waals surface area contributed by atoms with E-state index in [0.29, 0.717) is 47.0 Å². The Morgan fingerprint density at radius 1 is 0.605 bits per heavy atom. The molecule has 0 atom stereocenters. The van der Waals surface area contributed by atoms with Gasteiger partial charge in [0, 0.05) is 11.1 Å². The van der Waals surface area contributed by atoms with Gasteiger partial charge >= 0.3 is 0 Å². The molecule has 38 heavy (non-hydrogen) atoms. The fourth-order valence-electron chi connectivity index (χ4n) is 4.35. The Labute approximate surface area is 227 Å². The Morgan fingerprint density at radius 3 is 1.42 bits per heavy atom. The molecule has 0 radical (unpaired) electrons. The topological polar surface area (TPSA) is 52.6 Å². The van der Waals surface area contributed by atoms with Crippen LogP contribution in [-0.4, -0.2) is 24.8 Å². The number of fused-ring (bicyclic) bond motifs is 2. The third-order valence-corrected chi connectivity index (χ3v) is 6.52. The van der Waals surface area contributed by atoms with Gasteiger partial charge in [-0.05, 0) is 91.5 Å². The van der Waals surface area contributed by atoms with Gasteiger partial charge < -0.3 is 9.47 Å². The van der Waals surface area contributed by atoms with Gasteiger partial charge in [0.15, 0.2) is 5.78 Å². The van der Waals surface area contributed by atoms with E-state index in [0.717, 1.165) is 25.7 Å². The SMILES string of the molecule is CC(C)=CCC/C(C)=C/COc1cccc2c1C(=O)c1c(OC/C=C(\C)CCC=C(C)C)cccc1C2=O. The lowest BCUT2D eigenvalue weighted by atomic mass is 9.83. The highest BCUT2D eigenvalue weighted by molar-refractivity contribution is 6.30. The third-order valence-electron chi connectivity index (χ3n) is 6.52. The lowest BCUT2D eigenvalue weighted by Gasteiger charge is -2.22. The van der Waals surface area contributed by atoms with E-state index in [1.54, 1.807) is 36.4 Å². The first-order valence-corrected chi connectivity index (χ1v) is 13.4. The first-order valence-electron chi connectivity index (χ1n) is 13.4. The summed E-state index contributed by atoms with van der Waals surface area (Å²) in [5.74, 6) is 0.413. The zero-order valence-corrected chi connectivity index (χ0v) is 23.6. The zero-order valence-electron chi connectivity index (χ0n) is 23.6. The minimum absolute atomic E-state index is 0.188. The van der Waals surface area contributed by atoms with Crippen LogP contribution in [0.15, 0.2) is 83.0 Å². The van der Waals surface area contributed by atoms with Gasteiger partial charge in [0.25, 0.3) is 0 Å². The van der Waals surface area contributed by atoms with E-state index < -0.39 is 0 Å². The van der Waals surface area contributed by atoms with Gasteiger partial charge in [-0.2, -0.15) is 0 Å². The van der Waals surface area contributed by atoms with Crippen molar-refractivity contribution in [3.05, 3.63) is 105 Å². The van der Waals surface area contributed by atoms with Crippen molar-refractivity contribution in [2.24, 2.45) is 0 Å². The van der Waals surface area contributed by atoms with Crippen LogP contribution in [0.1, 0.15) is 99.1 Å². The smallest absolute Gasteiger partial charge is 0.201 e. The summed E-state index contributed by atoms with van der Waals surface area (Å²) in [5.41, 5.74) is 6.42. The van der Waals surface area contributed by atoms with Gasteiger partial charge in [0.05, 0.1) is 11.1 Å². The van der Waals surface area contributed by atoms with Crippen LogP contribution in [0, 0.1) is 0 Å². The van der Waals surface area contributed by atoms with Crippen LogP contribution in [0.5, 0.6) is 11.5 Å². The molecule has 0 heterocycles. The van der Waals surface area contributed by atoms with Crippen LogP contribution >= 0.6 is 0 Å². The van der Waals surface area contributed by atoms with Crippen molar-refractivity contribution >= 4 is 11.6 Å². The number of allylic oxidation sites excluding steroid dienone is 6. The van der Waals surface area contributed by atoms with E-state index in [4.69, 9.17) is 9.47 Å². The molecule has 0 saturated carbocycles. The monoisotopic (exact) mass is 512 g/mol. The molecule has 1 aliphatic carbocycles. The van der Waals surface area contributed by atoms with Gasteiger partial charge in [0.1, 0.15) is 24.7 Å². The van der Waals surface area contributed by atoms with E-state index in [9.17, 15) is 9.59 Å². The number of rotatable bonds is 12. The minimum Gasteiger partial charge on any atom is -0.489 e. The maximum Gasteiger partial charge on any atom is 0.201 e. The van der Waals surface area contributed by atoms with Crippen molar-refractivity contribution in [3.63, 3.8) is 0 Å². The molecule has 0 aromatic heterocycles. The summed E-state index contributed by atoms with van der Waals surface area (Å²) < 4.78 is 12.0. The van der Waals surface area contributed by atoms with E-state index in [2.05, 4.69) is 53.7 Å². The first-order chi connectivity index (χ1) is 18.2. The van der Waals surface area contributed by atoms with Crippen molar-refractivity contribution in [2.45, 2.75) is 67.2 Å². The van der Waals surface area contributed by atoms with Crippen LogP contribution in [0.3, 0.4) is 0 Å². The molecule has 0 spiro atoms. The molecule has 200 valence electrons. The summed E-state index contributed by atoms with van der Waals surface area (Å²) in [6.07, 6.45) is 12.4. The maximum absolute atomic E-state index is 13.7. The molecule has 3 rings (SSSR count). The molecular formula is C34H40O4. The Bertz CT molecular complexity index is 1200. The van der Waals surface area contributed by atoms with E-state index >= 15 is 0 Å². The molecule has 0 amide bonds. The highest BCUT2D eigenvalue weighted by Gasteiger charge is 2.34. The number of hydrogen-bond donors (Lipinski definition) is 0. The maximum atomic E-state index is 13.7. The van der Waals surface area contributed by atoms with Crippen molar-refractivity contribution in [2.75, 3.05) is 13.2 Å². The summed E-state index contributed by atoms with van der Waals surface area (Å²) in [6, 6.07) is 10.4. The van der Waals surface area contributed by atoms with Gasteiger partial charge in [-0.3, -0.25) is 9.59 Å². The summed E-state index contributed by atoms with van der Waals surface area (Å²) in [6.45, 7) is 13.2. The Morgan fingerprint density at radius 2 is 1.03 bits per heavy atom. The summed E-state index contributed by atoms with van der Waals surface area (Å²) in [5, 5.41) is 0. The number of benzene rings is 2. The lowest BCUT2D eigenvalue weighted by Crippen LogP contribution is -2.23. The van der Waals surface area contributed by atoms with Crippen molar-refractivity contribution in [1.29, 1.82) is 0 Å². The van der Waals surface area contributed by atoms with E-state index in [1.165, 1.54) is 22.3 Å². The van der Waals surface area contributed by atoms with E-state index in [1.807, 2.05) is 12.2 Å². The average Bonchev–Trinajstić information content (AvgIpc) is 2.86. The Balaban J connectivity index is 1.78. The minimum atomic E-state index is -0.241. The molecular weight excluding hydrogens is 472 g/mol. The fraction of sp³-hybridized carbons (Fsp3) is 0.353. The number of carbonyl (C=O) groups excluding carboxylic acids is 2. The second-order valence-corrected chi connectivity index (χ2v) is 10.4. The van der Waals surface area contributed by atoms with Crippen LogP contribution in [0.2, 0.25) is 0 Å². The van der Waals surface area contributed by atoms with Gasteiger partial charge in [-0.15, -0.1) is 0 Å². The molecule has 2 aromatic rings. The number of ether oxygens (including phenoxy) is 2. The molecule has 0 bridgehead atoms. The predicted octanol–water partition coefficient (Wildman–Crippen LogP) is 8.61. The third kappa shape index (κ3) is 7.67. The lowest BCUT2D eigenvalue weighted by molar-refractivity contribution is 0.0973. The van der Waals surface area contributed by atoms with Crippen molar-refractivity contribution in [1.82, 2.24) is 0 Å². The second kappa shape index (κ2) is 13.8. The van der Waals surface area contributed by atoms with Gasteiger partial charge in [0.2, 0.25) is 5.78 Å². The molecule has 2 aromatic carbocycles. The van der Waals surface area contributed by atoms with Crippen molar-refractivity contribution in [3.8, 4) is 11.5 Å². The highest BCUT2D eigenvalue weighted by atomic mass is 16.5. The molecule has 0 N–H and O–H groups in total. The molecule has 0 aliphatic heterocycles. The van der Waals surface area contributed by atoms with Crippen LogP contribution in [0.25, 0.3) is 0 Å². The second-order valence-electron chi connectivity index (χ2n) is 10.4. The molecule has 0 unspecified atom stereocenters. The predicted molar refractivity (Wildman–Crippen MR) is 156 cm³/mol. The van der Waals surface area contributed by atoms with E-state index in [-0.39, 0.29) is 11.6 Å².